The molecule has 0 aromatic heterocycles. The second kappa shape index (κ2) is 6.59. The molecule has 1 amide bonds. The zero-order valence-electron chi connectivity index (χ0n) is 11.0. The smallest absolute Gasteiger partial charge is 0.214 e. The summed E-state index contributed by atoms with van der Waals surface area (Å²) in [7, 11) is 0. The van der Waals surface area contributed by atoms with Gasteiger partial charge in [-0.3, -0.25) is 4.79 Å². The lowest BCUT2D eigenvalue weighted by molar-refractivity contribution is -0.107. The summed E-state index contributed by atoms with van der Waals surface area (Å²) in [6.45, 7) is 2.78. The molecule has 2 rings (SSSR count). The van der Waals surface area contributed by atoms with Gasteiger partial charge < -0.3 is 10.2 Å². The molecule has 0 saturated heterocycles. The van der Waals surface area contributed by atoms with Crippen LogP contribution in [0.5, 0.6) is 0 Å². The van der Waals surface area contributed by atoms with Crippen LogP contribution in [0.2, 0.25) is 0 Å². The summed E-state index contributed by atoms with van der Waals surface area (Å²) < 4.78 is 0. The van der Waals surface area contributed by atoms with Gasteiger partial charge >= 0.3 is 0 Å². The lowest BCUT2D eigenvalue weighted by Gasteiger charge is -2.20. The fourth-order valence-corrected chi connectivity index (χ4v) is 1.98. The monoisotopic (exact) mass is 254 g/mol. The first-order chi connectivity index (χ1) is 9.35. The van der Waals surface area contributed by atoms with E-state index in [4.69, 9.17) is 0 Å². The first kappa shape index (κ1) is 13.1. The van der Waals surface area contributed by atoms with Crippen molar-refractivity contribution in [1.82, 2.24) is 0 Å². The highest BCUT2D eigenvalue weighted by Gasteiger charge is 2.09. The van der Waals surface area contributed by atoms with E-state index in [2.05, 4.69) is 12.2 Å². The van der Waals surface area contributed by atoms with Gasteiger partial charge in [-0.1, -0.05) is 37.3 Å². The van der Waals surface area contributed by atoms with E-state index in [1.807, 2.05) is 54.6 Å². The third-order valence-corrected chi connectivity index (χ3v) is 2.86. The Morgan fingerprint density at radius 3 is 2.42 bits per heavy atom. The summed E-state index contributed by atoms with van der Waals surface area (Å²) in [5, 5.41) is 3.35. The Morgan fingerprint density at radius 2 is 1.74 bits per heavy atom. The maximum Gasteiger partial charge on any atom is 0.214 e. The van der Waals surface area contributed by atoms with E-state index in [0.29, 0.717) is 0 Å². The quantitative estimate of drug-likeness (QED) is 0.795. The second-order valence-electron chi connectivity index (χ2n) is 4.31. The molecule has 2 aromatic rings. The number of nitrogens with zero attached hydrogens (tertiary/aromatic N) is 1. The molecule has 3 heteroatoms. The molecule has 0 aliphatic rings. The van der Waals surface area contributed by atoms with Crippen molar-refractivity contribution in [2.75, 3.05) is 16.8 Å². The molecular weight excluding hydrogens is 236 g/mol. The summed E-state index contributed by atoms with van der Waals surface area (Å²) in [6, 6.07) is 17.8. The SMILES string of the molecule is CCCN(C=O)c1ccccc1Nc1ccccc1. The lowest BCUT2D eigenvalue weighted by atomic mass is 10.2. The standard InChI is InChI=1S/C16H18N2O/c1-2-12-18(13-19)16-11-7-6-10-15(16)17-14-8-4-3-5-9-14/h3-11,13,17H,2,12H2,1H3. The third kappa shape index (κ3) is 3.35. The van der Waals surface area contributed by atoms with Crippen molar-refractivity contribution in [3.63, 3.8) is 0 Å². The minimum atomic E-state index is 0.719. The molecule has 0 bridgehead atoms. The van der Waals surface area contributed by atoms with Crippen molar-refractivity contribution in [1.29, 1.82) is 0 Å². The predicted molar refractivity (Wildman–Crippen MR) is 79.9 cm³/mol. The molecular formula is C16H18N2O. The number of amides is 1. The Labute approximate surface area is 113 Å². The van der Waals surface area contributed by atoms with E-state index in [0.717, 1.165) is 36.4 Å². The van der Waals surface area contributed by atoms with Gasteiger partial charge in [0.2, 0.25) is 6.41 Å². The first-order valence-corrected chi connectivity index (χ1v) is 6.48. The van der Waals surface area contributed by atoms with Crippen molar-refractivity contribution >= 4 is 23.5 Å². The van der Waals surface area contributed by atoms with E-state index in [1.54, 1.807) is 4.90 Å². The number of hydrogen-bond acceptors (Lipinski definition) is 2. The van der Waals surface area contributed by atoms with Gasteiger partial charge in [-0.05, 0) is 30.7 Å². The van der Waals surface area contributed by atoms with Crippen LogP contribution in [0.3, 0.4) is 0 Å². The number of carbonyl (C=O) groups excluding carboxylic acids is 1. The highest BCUT2D eigenvalue weighted by molar-refractivity contribution is 5.85. The number of anilines is 3. The van der Waals surface area contributed by atoms with Crippen molar-refractivity contribution in [2.45, 2.75) is 13.3 Å². The molecule has 0 fully saturated rings. The largest absolute Gasteiger partial charge is 0.354 e. The van der Waals surface area contributed by atoms with E-state index in [1.165, 1.54) is 0 Å². The number of benzene rings is 2. The summed E-state index contributed by atoms with van der Waals surface area (Å²) in [4.78, 5) is 12.9. The summed E-state index contributed by atoms with van der Waals surface area (Å²) >= 11 is 0. The zero-order chi connectivity index (χ0) is 13.5. The minimum Gasteiger partial charge on any atom is -0.354 e. The summed E-state index contributed by atoms with van der Waals surface area (Å²) in [6.07, 6.45) is 1.81. The molecule has 2 aromatic carbocycles. The number of nitrogens with one attached hydrogen (secondary N) is 1. The molecule has 0 saturated carbocycles. The van der Waals surface area contributed by atoms with Crippen LogP contribution in [-0.2, 0) is 4.79 Å². The van der Waals surface area contributed by atoms with Gasteiger partial charge in [0.05, 0.1) is 11.4 Å². The van der Waals surface area contributed by atoms with Crippen LogP contribution in [0.1, 0.15) is 13.3 Å². The fraction of sp³-hybridized carbons (Fsp3) is 0.188. The molecule has 3 nitrogen and oxygen atoms in total. The van der Waals surface area contributed by atoms with Gasteiger partial charge in [0.25, 0.3) is 0 Å². The summed E-state index contributed by atoms with van der Waals surface area (Å²) in [5.41, 5.74) is 2.86. The molecule has 0 heterocycles. The molecule has 0 unspecified atom stereocenters. The first-order valence-electron chi connectivity index (χ1n) is 6.48. The lowest BCUT2D eigenvalue weighted by Crippen LogP contribution is -2.22. The van der Waals surface area contributed by atoms with E-state index < -0.39 is 0 Å². The molecule has 0 spiro atoms. The van der Waals surface area contributed by atoms with Crippen LogP contribution < -0.4 is 10.2 Å². The predicted octanol–water partition coefficient (Wildman–Crippen LogP) is 3.80. The van der Waals surface area contributed by atoms with Crippen molar-refractivity contribution in [3.05, 3.63) is 54.6 Å². The summed E-state index contributed by atoms with van der Waals surface area (Å²) in [5.74, 6) is 0. The zero-order valence-corrected chi connectivity index (χ0v) is 11.0. The van der Waals surface area contributed by atoms with Crippen LogP contribution in [0, 0.1) is 0 Å². The molecule has 98 valence electrons. The molecule has 0 aliphatic heterocycles. The van der Waals surface area contributed by atoms with Gasteiger partial charge in [-0.25, -0.2) is 0 Å². The van der Waals surface area contributed by atoms with Crippen LogP contribution >= 0.6 is 0 Å². The average Bonchev–Trinajstić information content (AvgIpc) is 2.47. The van der Waals surface area contributed by atoms with Crippen LogP contribution in [0.4, 0.5) is 17.1 Å². The van der Waals surface area contributed by atoms with Gasteiger partial charge in [0, 0.05) is 12.2 Å². The maximum absolute atomic E-state index is 11.2. The van der Waals surface area contributed by atoms with Crippen LogP contribution in [-0.4, -0.2) is 13.0 Å². The Balaban J connectivity index is 2.28. The normalized spacial score (nSPS) is 9.95. The van der Waals surface area contributed by atoms with Gasteiger partial charge in [-0.15, -0.1) is 0 Å². The minimum absolute atomic E-state index is 0.719. The number of hydrogen-bond donors (Lipinski definition) is 1. The maximum atomic E-state index is 11.2. The number of carbonyl (C=O) groups is 1. The Morgan fingerprint density at radius 1 is 1.05 bits per heavy atom. The Kier molecular flexibility index (Phi) is 4.56. The molecule has 19 heavy (non-hydrogen) atoms. The van der Waals surface area contributed by atoms with Crippen molar-refractivity contribution in [2.24, 2.45) is 0 Å². The molecule has 1 N–H and O–H groups in total. The second-order valence-corrected chi connectivity index (χ2v) is 4.31. The topological polar surface area (TPSA) is 32.3 Å². The average molecular weight is 254 g/mol. The number of rotatable bonds is 6. The number of para-hydroxylation sites is 3. The molecule has 0 radical (unpaired) electrons. The van der Waals surface area contributed by atoms with Crippen molar-refractivity contribution in [3.8, 4) is 0 Å². The van der Waals surface area contributed by atoms with Crippen molar-refractivity contribution < 1.29 is 4.79 Å². The fourth-order valence-electron chi connectivity index (χ4n) is 1.98. The highest BCUT2D eigenvalue weighted by atomic mass is 16.1. The van der Waals surface area contributed by atoms with Gasteiger partial charge in [0.15, 0.2) is 0 Å². The van der Waals surface area contributed by atoms with E-state index in [-0.39, 0.29) is 0 Å². The van der Waals surface area contributed by atoms with Crippen LogP contribution in [0.15, 0.2) is 54.6 Å². The van der Waals surface area contributed by atoms with E-state index in [9.17, 15) is 4.79 Å². The third-order valence-electron chi connectivity index (χ3n) is 2.86. The molecule has 0 aliphatic carbocycles. The molecule has 0 atom stereocenters. The van der Waals surface area contributed by atoms with Crippen LogP contribution in [0.25, 0.3) is 0 Å². The van der Waals surface area contributed by atoms with Gasteiger partial charge in [-0.2, -0.15) is 0 Å². The Bertz CT molecular complexity index is 525. The Hall–Kier alpha value is -2.29. The van der Waals surface area contributed by atoms with Gasteiger partial charge in [0.1, 0.15) is 0 Å². The highest BCUT2D eigenvalue weighted by Crippen LogP contribution is 2.27. The van der Waals surface area contributed by atoms with E-state index >= 15 is 0 Å².